The molecule has 0 atom stereocenters. The van der Waals surface area contributed by atoms with Gasteiger partial charge in [-0.3, -0.25) is 0 Å². The lowest BCUT2D eigenvalue weighted by atomic mass is 10.2. The van der Waals surface area contributed by atoms with Crippen molar-refractivity contribution in [3.8, 4) is 0 Å². The normalized spacial score (nSPS) is 11.4. The van der Waals surface area contributed by atoms with Gasteiger partial charge in [-0.2, -0.15) is 13.8 Å². The lowest BCUT2D eigenvalue weighted by molar-refractivity contribution is 0.508. The van der Waals surface area contributed by atoms with E-state index >= 15 is 0 Å². The minimum atomic E-state index is -0.844. The Morgan fingerprint density at radius 1 is 1.29 bits per heavy atom. The number of rotatable bonds is 2. The van der Waals surface area contributed by atoms with Crippen molar-refractivity contribution < 1.29 is 10.2 Å². The molecule has 4 heteroatoms. The zero-order valence-electron chi connectivity index (χ0n) is 8.24. The van der Waals surface area contributed by atoms with Crippen molar-refractivity contribution in [3.05, 3.63) is 54.1 Å². The van der Waals surface area contributed by atoms with Crippen LogP contribution in [0.5, 0.6) is 0 Å². The van der Waals surface area contributed by atoms with Gasteiger partial charge in [0.1, 0.15) is 0 Å². The lowest BCUT2D eigenvalue weighted by Gasteiger charge is -2.02. The Labute approximate surface area is 81.2 Å². The summed E-state index contributed by atoms with van der Waals surface area (Å²) < 4.78 is 34.5. The van der Waals surface area contributed by atoms with Crippen molar-refractivity contribution in [1.29, 1.82) is 0 Å². The topological polar surface area (TPSA) is 17.8 Å². The summed E-state index contributed by atoms with van der Waals surface area (Å²) in [5.74, 6) is -1.69. The van der Waals surface area contributed by atoms with Gasteiger partial charge in [0.05, 0.1) is 1.37 Å². The molecule has 0 spiro atoms. The molecule has 0 bridgehead atoms. The second-order valence-corrected chi connectivity index (χ2v) is 2.89. The summed E-state index contributed by atoms with van der Waals surface area (Å²) >= 11 is 0. The fourth-order valence-corrected chi connectivity index (χ4v) is 1.23. The summed E-state index contributed by atoms with van der Waals surface area (Å²) in [5, 5.41) is 0. The van der Waals surface area contributed by atoms with Gasteiger partial charge in [-0.25, -0.2) is 0 Å². The van der Waals surface area contributed by atoms with E-state index in [9.17, 15) is 8.78 Å². The molecule has 0 aliphatic rings. The van der Waals surface area contributed by atoms with E-state index < -0.39 is 11.9 Å². The highest BCUT2D eigenvalue weighted by Crippen LogP contribution is 2.06. The number of hydrogen-bond acceptors (Lipinski definition) is 1. The van der Waals surface area contributed by atoms with Crippen LogP contribution in [0.1, 0.15) is 6.93 Å². The largest absolute Gasteiger partial charge is 0.350 e. The first kappa shape index (κ1) is 7.67. The first-order chi connectivity index (χ1) is 7.15. The maximum Gasteiger partial charge on any atom is 0.215 e. The minimum absolute atomic E-state index is 0.266. The number of nitrogens with zero attached hydrogens (tertiary/aromatic N) is 2. The Balaban J connectivity index is 2.28. The van der Waals surface area contributed by atoms with Gasteiger partial charge in [-0.05, 0) is 29.8 Å². The van der Waals surface area contributed by atoms with Gasteiger partial charge in [-0.15, -0.1) is 0 Å². The van der Waals surface area contributed by atoms with Gasteiger partial charge in [0.2, 0.25) is 11.9 Å². The van der Waals surface area contributed by atoms with E-state index in [2.05, 4.69) is 4.98 Å². The van der Waals surface area contributed by atoms with E-state index in [4.69, 9.17) is 1.37 Å². The number of hydrogen-bond donors (Lipinski definition) is 0. The highest BCUT2D eigenvalue weighted by atomic mass is 19.1. The first-order valence-corrected chi connectivity index (χ1v) is 4.09. The molecule has 0 aliphatic carbocycles. The van der Waals surface area contributed by atoms with Crippen molar-refractivity contribution in [2.75, 3.05) is 0 Å². The predicted molar refractivity (Wildman–Crippen MR) is 47.7 cm³/mol. The van der Waals surface area contributed by atoms with Crippen LogP contribution in [0.3, 0.4) is 0 Å². The van der Waals surface area contributed by atoms with Crippen LogP contribution in [-0.2, 0) is 6.54 Å². The van der Waals surface area contributed by atoms with Gasteiger partial charge in [-0.1, -0.05) is 0 Å². The molecule has 0 radical (unpaired) electrons. The summed E-state index contributed by atoms with van der Waals surface area (Å²) in [6, 6.07) is 5.62. The van der Waals surface area contributed by atoms with Crippen LogP contribution in [-0.4, -0.2) is 9.55 Å². The second kappa shape index (κ2) is 3.57. The Bertz CT molecular complexity index is 462. The van der Waals surface area contributed by atoms with E-state index in [1.165, 1.54) is 0 Å². The summed E-state index contributed by atoms with van der Waals surface area (Å²) in [4.78, 5) is 3.00. The summed E-state index contributed by atoms with van der Waals surface area (Å²) in [7, 11) is 0. The molecule has 0 saturated carbocycles. The van der Waals surface area contributed by atoms with Crippen LogP contribution < -0.4 is 0 Å². The van der Waals surface area contributed by atoms with Crippen LogP contribution in [0.4, 0.5) is 8.78 Å². The Morgan fingerprint density at radius 3 is 2.57 bits per heavy atom. The molecule has 0 unspecified atom stereocenters. The van der Waals surface area contributed by atoms with Gasteiger partial charge < -0.3 is 4.57 Å². The van der Waals surface area contributed by atoms with Crippen LogP contribution in [0, 0.1) is 11.9 Å². The molecule has 2 aromatic rings. The monoisotopic (exact) mass is 195 g/mol. The number of pyridine rings is 1. The molecule has 0 aliphatic heterocycles. The number of aromatic nitrogens is 2. The zero-order chi connectivity index (χ0) is 10.8. The number of halogens is 2. The molecule has 0 amide bonds. The smallest absolute Gasteiger partial charge is 0.215 e. The molecular weight excluding hydrogens is 186 g/mol. The lowest BCUT2D eigenvalue weighted by Crippen LogP contribution is -1.99. The van der Waals surface area contributed by atoms with E-state index in [1.54, 1.807) is 22.9 Å². The maximum absolute atomic E-state index is 12.7. The van der Waals surface area contributed by atoms with Gasteiger partial charge in [0, 0.05) is 18.9 Å². The molecule has 0 saturated heterocycles. The fourth-order valence-electron chi connectivity index (χ4n) is 1.23. The summed E-state index contributed by atoms with van der Waals surface area (Å²) in [6.07, 6.45) is 1.98. The highest BCUT2D eigenvalue weighted by molar-refractivity contribution is 5.13. The molecule has 2 nitrogen and oxygen atoms in total. The SMILES string of the molecule is [2H]c1cccn1Cc1cc(F)nc(F)c1. The van der Waals surface area contributed by atoms with E-state index in [-0.39, 0.29) is 6.54 Å². The van der Waals surface area contributed by atoms with Gasteiger partial charge >= 0.3 is 0 Å². The molecule has 72 valence electrons. The van der Waals surface area contributed by atoms with Crippen LogP contribution >= 0.6 is 0 Å². The Hall–Kier alpha value is -1.71. The van der Waals surface area contributed by atoms with E-state index in [0.717, 1.165) is 12.1 Å². The first-order valence-electron chi connectivity index (χ1n) is 4.59. The van der Waals surface area contributed by atoms with Gasteiger partial charge in [0.15, 0.2) is 0 Å². The fraction of sp³-hybridized carbons (Fsp3) is 0.100. The molecular formula is C10H8F2N2. The third kappa shape index (κ3) is 1.96. The molecule has 2 aromatic heterocycles. The van der Waals surface area contributed by atoms with Crippen molar-refractivity contribution >= 4 is 0 Å². The van der Waals surface area contributed by atoms with Crippen molar-refractivity contribution in [2.24, 2.45) is 0 Å². The van der Waals surface area contributed by atoms with Gasteiger partial charge in [0.25, 0.3) is 0 Å². The van der Waals surface area contributed by atoms with Crippen LogP contribution in [0.2, 0.25) is 0 Å². The molecule has 2 heterocycles. The van der Waals surface area contributed by atoms with Crippen molar-refractivity contribution in [3.63, 3.8) is 0 Å². The Morgan fingerprint density at radius 2 is 2.00 bits per heavy atom. The Kier molecular flexibility index (Phi) is 1.96. The average Bonchev–Trinajstić information content (AvgIpc) is 2.50. The minimum Gasteiger partial charge on any atom is -0.350 e. The van der Waals surface area contributed by atoms with Crippen LogP contribution in [0.15, 0.2) is 36.6 Å². The molecule has 2 rings (SSSR count). The third-order valence-electron chi connectivity index (χ3n) is 1.78. The molecule has 0 aromatic carbocycles. The summed E-state index contributed by atoms with van der Waals surface area (Å²) in [5.41, 5.74) is 0.449. The highest BCUT2D eigenvalue weighted by Gasteiger charge is 2.01. The molecule has 0 fully saturated rings. The molecule has 0 N–H and O–H groups in total. The van der Waals surface area contributed by atoms with E-state index in [1.807, 2.05) is 0 Å². The van der Waals surface area contributed by atoms with Crippen LogP contribution in [0.25, 0.3) is 0 Å². The predicted octanol–water partition coefficient (Wildman–Crippen LogP) is 2.21. The quantitative estimate of drug-likeness (QED) is 0.672. The van der Waals surface area contributed by atoms with Crippen molar-refractivity contribution in [1.82, 2.24) is 9.55 Å². The standard InChI is InChI=1S/C10H8F2N2/c11-9-5-8(6-10(12)13-9)7-14-3-1-2-4-14/h1-6H,7H2/i3D. The average molecular weight is 195 g/mol. The summed E-state index contributed by atoms with van der Waals surface area (Å²) in [6.45, 7) is 0.266. The van der Waals surface area contributed by atoms with Crippen molar-refractivity contribution in [2.45, 2.75) is 6.54 Å². The maximum atomic E-state index is 12.7. The third-order valence-corrected chi connectivity index (χ3v) is 1.78. The molecule has 14 heavy (non-hydrogen) atoms. The zero-order valence-corrected chi connectivity index (χ0v) is 7.24. The second-order valence-electron chi connectivity index (χ2n) is 2.89. The van der Waals surface area contributed by atoms with E-state index in [0.29, 0.717) is 11.7 Å².